The van der Waals surface area contributed by atoms with Crippen molar-refractivity contribution in [1.82, 2.24) is 9.62 Å². The second-order valence-electron chi connectivity index (χ2n) is 8.47. The molecule has 2 aromatic rings. The zero-order valence-electron chi connectivity index (χ0n) is 18.1. The number of nitrogens with one attached hydrogen (secondary N) is 1. The first-order valence-electron chi connectivity index (χ1n) is 11.2. The molecule has 2 aliphatic rings. The monoisotopic (exact) mass is 441 g/mol. The quantitative estimate of drug-likeness (QED) is 0.737. The van der Waals surface area contributed by atoms with E-state index in [-0.39, 0.29) is 16.8 Å². The highest BCUT2D eigenvalue weighted by Crippen LogP contribution is 2.24. The number of benzene rings is 2. The Morgan fingerprint density at radius 3 is 2.03 bits per heavy atom. The van der Waals surface area contributed by atoms with Gasteiger partial charge in [0.25, 0.3) is 5.91 Å². The Labute approximate surface area is 185 Å². The summed E-state index contributed by atoms with van der Waals surface area (Å²) in [7, 11) is -3.46. The van der Waals surface area contributed by atoms with Gasteiger partial charge < -0.3 is 10.2 Å². The molecule has 1 atom stereocenters. The fourth-order valence-electron chi connectivity index (χ4n) is 4.35. The van der Waals surface area contributed by atoms with Gasteiger partial charge in [0.15, 0.2) is 0 Å². The smallest absolute Gasteiger partial charge is 0.251 e. The van der Waals surface area contributed by atoms with Gasteiger partial charge in [-0.15, -0.1) is 0 Å². The number of rotatable bonds is 6. The third kappa shape index (κ3) is 4.93. The van der Waals surface area contributed by atoms with Crippen molar-refractivity contribution in [2.24, 2.45) is 0 Å². The Morgan fingerprint density at radius 2 is 1.42 bits per heavy atom. The second-order valence-corrected chi connectivity index (χ2v) is 10.4. The maximum absolute atomic E-state index is 12.7. The Bertz CT molecular complexity index is 991. The van der Waals surface area contributed by atoms with Gasteiger partial charge in [0.2, 0.25) is 10.0 Å². The standard InChI is InChI=1S/C24H31N3O3S/c1-19(20-7-11-22(12-8-20)26-15-3-2-4-16-26)25-24(28)21-9-13-23(14-10-21)31(29,30)27-17-5-6-18-27/h7-14,19H,2-6,15-18H2,1H3,(H,25,28)/t19-/m0/s1. The number of hydrogen-bond acceptors (Lipinski definition) is 4. The lowest BCUT2D eigenvalue weighted by molar-refractivity contribution is 0.0940. The summed E-state index contributed by atoms with van der Waals surface area (Å²) in [6.07, 6.45) is 5.59. The first-order valence-corrected chi connectivity index (χ1v) is 12.7. The van der Waals surface area contributed by atoms with Crippen LogP contribution in [-0.2, 0) is 10.0 Å². The van der Waals surface area contributed by atoms with Crippen LogP contribution in [-0.4, -0.2) is 44.8 Å². The van der Waals surface area contributed by atoms with Crippen LogP contribution in [0.25, 0.3) is 0 Å². The minimum atomic E-state index is -3.46. The molecule has 2 aliphatic heterocycles. The first kappa shape index (κ1) is 21.8. The van der Waals surface area contributed by atoms with Crippen LogP contribution in [0.3, 0.4) is 0 Å². The van der Waals surface area contributed by atoms with Gasteiger partial charge in [-0.1, -0.05) is 12.1 Å². The van der Waals surface area contributed by atoms with Gasteiger partial charge in [-0.3, -0.25) is 4.79 Å². The molecule has 0 spiro atoms. The average molecular weight is 442 g/mol. The second kappa shape index (κ2) is 9.40. The van der Waals surface area contributed by atoms with Crippen LogP contribution in [0.1, 0.15) is 61.0 Å². The molecule has 0 aromatic heterocycles. The molecule has 0 aliphatic carbocycles. The molecule has 0 saturated carbocycles. The molecule has 2 aromatic carbocycles. The van der Waals surface area contributed by atoms with Crippen molar-refractivity contribution in [1.29, 1.82) is 0 Å². The molecule has 2 saturated heterocycles. The summed E-state index contributed by atoms with van der Waals surface area (Å²) in [5, 5.41) is 3.01. The van der Waals surface area contributed by atoms with E-state index in [1.807, 2.05) is 6.92 Å². The van der Waals surface area contributed by atoms with Gasteiger partial charge in [-0.2, -0.15) is 4.31 Å². The number of carbonyl (C=O) groups is 1. The molecular formula is C24H31N3O3S. The van der Waals surface area contributed by atoms with Crippen LogP contribution in [0.15, 0.2) is 53.4 Å². The molecule has 1 N–H and O–H groups in total. The fraction of sp³-hybridized carbons (Fsp3) is 0.458. The molecule has 0 bridgehead atoms. The lowest BCUT2D eigenvalue weighted by atomic mass is 10.1. The van der Waals surface area contributed by atoms with Crippen LogP contribution in [0.5, 0.6) is 0 Å². The summed E-state index contributed by atoms with van der Waals surface area (Å²) < 4.78 is 26.8. The van der Waals surface area contributed by atoms with Crippen LogP contribution in [0, 0.1) is 0 Å². The average Bonchev–Trinajstić information content (AvgIpc) is 3.36. The lowest BCUT2D eigenvalue weighted by Gasteiger charge is -2.29. The lowest BCUT2D eigenvalue weighted by Crippen LogP contribution is -2.29. The maximum Gasteiger partial charge on any atom is 0.251 e. The van der Waals surface area contributed by atoms with Gasteiger partial charge >= 0.3 is 0 Å². The number of nitrogens with zero attached hydrogens (tertiary/aromatic N) is 2. The van der Waals surface area contributed by atoms with E-state index in [0.717, 1.165) is 31.5 Å². The third-order valence-corrected chi connectivity index (χ3v) is 8.19. The van der Waals surface area contributed by atoms with E-state index in [1.165, 1.54) is 41.4 Å². The van der Waals surface area contributed by atoms with Crippen molar-refractivity contribution in [2.45, 2.75) is 50.0 Å². The van der Waals surface area contributed by atoms with Gasteiger partial charge in [0, 0.05) is 37.4 Å². The van der Waals surface area contributed by atoms with Crippen molar-refractivity contribution in [2.75, 3.05) is 31.1 Å². The van der Waals surface area contributed by atoms with E-state index in [2.05, 4.69) is 34.5 Å². The number of hydrogen-bond donors (Lipinski definition) is 1. The summed E-state index contributed by atoms with van der Waals surface area (Å²) in [6.45, 7) is 5.31. The minimum absolute atomic E-state index is 0.143. The molecule has 31 heavy (non-hydrogen) atoms. The topological polar surface area (TPSA) is 69.7 Å². The molecule has 2 heterocycles. The van der Waals surface area contributed by atoms with Crippen LogP contribution in [0.2, 0.25) is 0 Å². The van der Waals surface area contributed by atoms with Crippen molar-refractivity contribution < 1.29 is 13.2 Å². The molecule has 7 heteroatoms. The number of anilines is 1. The predicted molar refractivity (Wildman–Crippen MR) is 123 cm³/mol. The van der Waals surface area contributed by atoms with E-state index in [4.69, 9.17) is 0 Å². The van der Waals surface area contributed by atoms with Crippen molar-refractivity contribution >= 4 is 21.6 Å². The van der Waals surface area contributed by atoms with Crippen molar-refractivity contribution in [3.63, 3.8) is 0 Å². The van der Waals surface area contributed by atoms with Crippen LogP contribution < -0.4 is 10.2 Å². The Kier molecular flexibility index (Phi) is 6.62. The highest BCUT2D eigenvalue weighted by Gasteiger charge is 2.27. The number of sulfonamides is 1. The third-order valence-electron chi connectivity index (χ3n) is 6.28. The van der Waals surface area contributed by atoms with Crippen molar-refractivity contribution in [3.8, 4) is 0 Å². The van der Waals surface area contributed by atoms with Gasteiger partial charge in [0.05, 0.1) is 10.9 Å². The predicted octanol–water partition coefficient (Wildman–Crippen LogP) is 3.95. The molecular weight excluding hydrogens is 410 g/mol. The summed E-state index contributed by atoms with van der Waals surface area (Å²) >= 11 is 0. The van der Waals surface area contributed by atoms with Gasteiger partial charge in [0.1, 0.15) is 0 Å². The van der Waals surface area contributed by atoms with E-state index in [9.17, 15) is 13.2 Å². The van der Waals surface area contributed by atoms with Crippen LogP contribution >= 0.6 is 0 Å². The summed E-state index contributed by atoms with van der Waals surface area (Å²) in [5.74, 6) is -0.210. The van der Waals surface area contributed by atoms with Gasteiger partial charge in [-0.05, 0) is 81.0 Å². The summed E-state index contributed by atoms with van der Waals surface area (Å²) in [6, 6.07) is 14.5. The maximum atomic E-state index is 12.7. The molecule has 0 unspecified atom stereocenters. The first-order chi connectivity index (χ1) is 14.9. The molecule has 0 radical (unpaired) electrons. The Balaban J connectivity index is 1.38. The highest BCUT2D eigenvalue weighted by molar-refractivity contribution is 7.89. The normalized spacial score (nSPS) is 18.7. The largest absolute Gasteiger partial charge is 0.372 e. The number of amides is 1. The van der Waals surface area contributed by atoms with Gasteiger partial charge in [-0.25, -0.2) is 8.42 Å². The molecule has 2 fully saturated rings. The molecule has 6 nitrogen and oxygen atoms in total. The zero-order valence-corrected chi connectivity index (χ0v) is 18.9. The van der Waals surface area contributed by atoms with E-state index in [0.29, 0.717) is 18.7 Å². The molecule has 4 rings (SSSR count). The van der Waals surface area contributed by atoms with Crippen molar-refractivity contribution in [3.05, 3.63) is 59.7 Å². The zero-order chi connectivity index (χ0) is 21.8. The van der Waals surface area contributed by atoms with E-state index >= 15 is 0 Å². The number of carbonyl (C=O) groups excluding carboxylic acids is 1. The number of piperidine rings is 1. The van der Waals surface area contributed by atoms with E-state index < -0.39 is 10.0 Å². The SMILES string of the molecule is C[C@H](NC(=O)c1ccc(S(=O)(=O)N2CCCC2)cc1)c1ccc(N2CCCCC2)cc1. The summed E-state index contributed by atoms with van der Waals surface area (Å²) in [4.78, 5) is 15.3. The highest BCUT2D eigenvalue weighted by atomic mass is 32.2. The summed E-state index contributed by atoms with van der Waals surface area (Å²) in [5.41, 5.74) is 2.73. The van der Waals surface area contributed by atoms with E-state index in [1.54, 1.807) is 12.1 Å². The molecule has 166 valence electrons. The molecule has 1 amide bonds. The van der Waals surface area contributed by atoms with Crippen LogP contribution in [0.4, 0.5) is 5.69 Å². The Hall–Kier alpha value is -2.38. The fourth-order valence-corrected chi connectivity index (χ4v) is 5.86. The minimum Gasteiger partial charge on any atom is -0.372 e. The Morgan fingerprint density at radius 1 is 0.839 bits per heavy atom.